The van der Waals surface area contributed by atoms with E-state index in [-0.39, 0.29) is 0 Å². The average molecular weight is 168 g/mol. The molecule has 1 aliphatic heterocycles. The Morgan fingerprint density at radius 1 is 1.71 bits per heavy atom. The number of hydrogen-bond acceptors (Lipinski definition) is 4. The first-order chi connectivity index (χ1) is 3.30. The Balaban J connectivity index is 2.54. The maximum absolute atomic E-state index is 4.18. The van der Waals surface area contributed by atoms with Crippen molar-refractivity contribution in [2.45, 2.75) is 4.58 Å². The van der Waals surface area contributed by atoms with Crippen LogP contribution in [0.1, 0.15) is 0 Å². The Kier molecular flexibility index (Phi) is 2.34. The molecule has 0 saturated heterocycles. The second-order valence-electron chi connectivity index (χ2n) is 1.09. The lowest BCUT2D eigenvalue weighted by Crippen LogP contribution is -1.80. The van der Waals surface area contributed by atoms with Gasteiger partial charge >= 0.3 is 0 Å². The standard InChI is InChI=1S/C3H4S4/c4-2-1-6-7-3(2)5/h1,3-5H. The number of thiol groups is 2. The van der Waals surface area contributed by atoms with Crippen molar-refractivity contribution in [3.63, 3.8) is 0 Å². The van der Waals surface area contributed by atoms with E-state index in [2.05, 4.69) is 25.3 Å². The number of hydrogen-bond donors (Lipinski definition) is 2. The van der Waals surface area contributed by atoms with Gasteiger partial charge in [0.25, 0.3) is 0 Å². The quantitative estimate of drug-likeness (QED) is 0.421. The van der Waals surface area contributed by atoms with Crippen molar-refractivity contribution in [3.05, 3.63) is 10.3 Å². The van der Waals surface area contributed by atoms with E-state index in [4.69, 9.17) is 0 Å². The van der Waals surface area contributed by atoms with Gasteiger partial charge in [0.2, 0.25) is 0 Å². The highest BCUT2D eigenvalue weighted by Crippen LogP contribution is 2.43. The Morgan fingerprint density at radius 3 is 2.57 bits per heavy atom. The van der Waals surface area contributed by atoms with Gasteiger partial charge in [0.15, 0.2) is 0 Å². The van der Waals surface area contributed by atoms with Gasteiger partial charge in [-0.3, -0.25) is 0 Å². The van der Waals surface area contributed by atoms with Crippen molar-refractivity contribution in [2.75, 3.05) is 0 Å². The second kappa shape index (κ2) is 2.62. The van der Waals surface area contributed by atoms with E-state index in [9.17, 15) is 0 Å². The van der Waals surface area contributed by atoms with Gasteiger partial charge in [0.05, 0.1) is 4.58 Å². The summed E-state index contributed by atoms with van der Waals surface area (Å²) in [7, 11) is 3.41. The van der Waals surface area contributed by atoms with Crippen LogP contribution in [0.4, 0.5) is 0 Å². The minimum atomic E-state index is 0.313. The van der Waals surface area contributed by atoms with Crippen LogP contribution in [-0.2, 0) is 0 Å². The third-order valence-electron chi connectivity index (χ3n) is 0.569. The third-order valence-corrected chi connectivity index (χ3v) is 4.63. The molecule has 0 fully saturated rings. The predicted octanol–water partition coefficient (Wildman–Crippen LogP) is 2.41. The van der Waals surface area contributed by atoms with Gasteiger partial charge in [0, 0.05) is 4.91 Å². The molecule has 0 aromatic heterocycles. The SMILES string of the molecule is SC1=CSSC1S. The molecule has 0 radical (unpaired) electrons. The van der Waals surface area contributed by atoms with Crippen molar-refractivity contribution in [3.8, 4) is 0 Å². The van der Waals surface area contributed by atoms with Crippen molar-refractivity contribution < 1.29 is 0 Å². The summed E-state index contributed by atoms with van der Waals surface area (Å²) in [6.45, 7) is 0. The van der Waals surface area contributed by atoms with Crippen molar-refractivity contribution in [2.24, 2.45) is 0 Å². The normalized spacial score (nSPS) is 30.6. The molecule has 0 aromatic rings. The lowest BCUT2D eigenvalue weighted by atomic mass is 10.7. The van der Waals surface area contributed by atoms with Gasteiger partial charge in [-0.05, 0) is 5.41 Å². The summed E-state index contributed by atoms with van der Waals surface area (Å²) in [5, 5.41) is 2.01. The first-order valence-corrected chi connectivity index (χ1v) is 4.94. The third kappa shape index (κ3) is 1.52. The van der Waals surface area contributed by atoms with Crippen molar-refractivity contribution in [1.82, 2.24) is 0 Å². The van der Waals surface area contributed by atoms with Gasteiger partial charge < -0.3 is 0 Å². The minimum Gasteiger partial charge on any atom is -0.159 e. The molecule has 0 spiro atoms. The molecular weight excluding hydrogens is 164 g/mol. The monoisotopic (exact) mass is 168 g/mol. The molecule has 0 aliphatic carbocycles. The maximum atomic E-state index is 4.18. The summed E-state index contributed by atoms with van der Waals surface area (Å²) in [5.74, 6) is 0. The van der Waals surface area contributed by atoms with E-state index in [0.29, 0.717) is 4.58 Å². The van der Waals surface area contributed by atoms with Crippen LogP contribution in [-0.4, -0.2) is 4.58 Å². The van der Waals surface area contributed by atoms with Crippen LogP contribution in [0.3, 0.4) is 0 Å². The molecule has 1 unspecified atom stereocenters. The molecule has 0 saturated carbocycles. The molecule has 0 N–H and O–H groups in total. The van der Waals surface area contributed by atoms with E-state index >= 15 is 0 Å². The van der Waals surface area contributed by atoms with Crippen molar-refractivity contribution >= 4 is 46.8 Å². The first-order valence-electron chi connectivity index (χ1n) is 1.70. The maximum Gasteiger partial charge on any atom is 0.0890 e. The summed E-state index contributed by atoms with van der Waals surface area (Å²) >= 11 is 8.32. The van der Waals surface area contributed by atoms with Gasteiger partial charge in [-0.25, -0.2) is 0 Å². The smallest absolute Gasteiger partial charge is 0.0890 e. The van der Waals surface area contributed by atoms with Gasteiger partial charge in [-0.15, -0.1) is 12.6 Å². The van der Waals surface area contributed by atoms with E-state index in [1.165, 1.54) is 0 Å². The fourth-order valence-corrected chi connectivity index (χ4v) is 3.36. The molecule has 1 aliphatic rings. The molecule has 0 nitrogen and oxygen atoms in total. The van der Waals surface area contributed by atoms with Crippen LogP contribution < -0.4 is 0 Å². The molecule has 7 heavy (non-hydrogen) atoms. The zero-order valence-corrected chi connectivity index (χ0v) is 6.79. The molecule has 0 bridgehead atoms. The highest BCUT2D eigenvalue weighted by atomic mass is 33.1. The van der Waals surface area contributed by atoms with E-state index in [0.717, 1.165) is 4.91 Å². The summed E-state index contributed by atoms with van der Waals surface area (Å²) in [6.07, 6.45) is 0. The molecule has 0 aromatic carbocycles. The van der Waals surface area contributed by atoms with Crippen LogP contribution >= 0.6 is 46.8 Å². The summed E-state index contributed by atoms with van der Waals surface area (Å²) in [5.41, 5.74) is 0. The molecule has 4 heteroatoms. The zero-order valence-electron chi connectivity index (χ0n) is 3.37. The highest BCUT2D eigenvalue weighted by molar-refractivity contribution is 8.80. The molecule has 1 atom stereocenters. The van der Waals surface area contributed by atoms with Crippen LogP contribution in [0.15, 0.2) is 10.3 Å². The Bertz CT molecular complexity index is 97.1. The molecular formula is C3H4S4. The summed E-state index contributed by atoms with van der Waals surface area (Å²) in [6, 6.07) is 0. The Morgan fingerprint density at radius 2 is 2.43 bits per heavy atom. The average Bonchev–Trinajstić information content (AvgIpc) is 1.91. The zero-order chi connectivity index (χ0) is 5.28. The fraction of sp³-hybridized carbons (Fsp3) is 0.333. The van der Waals surface area contributed by atoms with Crippen molar-refractivity contribution in [1.29, 1.82) is 0 Å². The van der Waals surface area contributed by atoms with Gasteiger partial charge in [-0.2, -0.15) is 12.6 Å². The lowest BCUT2D eigenvalue weighted by molar-refractivity contribution is 1.68. The molecule has 40 valence electrons. The van der Waals surface area contributed by atoms with E-state index in [1.807, 2.05) is 5.41 Å². The van der Waals surface area contributed by atoms with Crippen LogP contribution in [0.25, 0.3) is 0 Å². The Labute approximate surface area is 61.7 Å². The minimum absolute atomic E-state index is 0.313. The highest BCUT2D eigenvalue weighted by Gasteiger charge is 2.11. The molecule has 1 rings (SSSR count). The molecule has 1 heterocycles. The first kappa shape index (κ1) is 6.26. The Hall–Kier alpha value is 1.14. The van der Waals surface area contributed by atoms with E-state index < -0.39 is 0 Å². The van der Waals surface area contributed by atoms with Gasteiger partial charge in [-0.1, -0.05) is 21.6 Å². The lowest BCUT2D eigenvalue weighted by Gasteiger charge is -1.94. The molecule has 0 amide bonds. The fourth-order valence-electron chi connectivity index (χ4n) is 0.237. The van der Waals surface area contributed by atoms with Crippen LogP contribution in [0.5, 0.6) is 0 Å². The van der Waals surface area contributed by atoms with Crippen LogP contribution in [0.2, 0.25) is 0 Å². The summed E-state index contributed by atoms with van der Waals surface area (Å²) in [4.78, 5) is 1.07. The van der Waals surface area contributed by atoms with Crippen LogP contribution in [0, 0.1) is 0 Å². The topological polar surface area (TPSA) is 0 Å². The van der Waals surface area contributed by atoms with Gasteiger partial charge in [0.1, 0.15) is 0 Å². The summed E-state index contributed by atoms with van der Waals surface area (Å²) < 4.78 is 0.313. The number of rotatable bonds is 0. The van der Waals surface area contributed by atoms with E-state index in [1.54, 1.807) is 21.6 Å². The largest absolute Gasteiger partial charge is 0.159 e. The predicted molar refractivity (Wildman–Crippen MR) is 45.0 cm³/mol. The second-order valence-corrected chi connectivity index (χ2v) is 4.72.